The van der Waals surface area contributed by atoms with Crippen molar-refractivity contribution in [2.45, 2.75) is 43.9 Å². The molecular formula is C23H27NO4S. The number of allylic oxidation sites excluding steroid dienone is 1. The number of nitrogens with one attached hydrogen (secondary N) is 1. The van der Waals surface area contributed by atoms with Crippen molar-refractivity contribution >= 4 is 11.8 Å². The zero-order valence-corrected chi connectivity index (χ0v) is 17.9. The van der Waals surface area contributed by atoms with Crippen molar-refractivity contribution in [1.82, 2.24) is 5.32 Å². The van der Waals surface area contributed by atoms with Crippen molar-refractivity contribution < 1.29 is 14.9 Å². The lowest BCUT2D eigenvalue weighted by molar-refractivity contribution is 0.254. The highest BCUT2D eigenvalue weighted by Gasteiger charge is 2.27. The van der Waals surface area contributed by atoms with Crippen LogP contribution in [0, 0.1) is 0 Å². The lowest BCUT2D eigenvalue weighted by Crippen LogP contribution is -2.20. The second-order valence-electron chi connectivity index (χ2n) is 7.19. The van der Waals surface area contributed by atoms with Crippen LogP contribution in [0.15, 0.2) is 46.2 Å². The van der Waals surface area contributed by atoms with Crippen molar-refractivity contribution in [3.8, 4) is 16.9 Å². The van der Waals surface area contributed by atoms with Crippen molar-refractivity contribution in [2.24, 2.45) is 0 Å². The zero-order chi connectivity index (χ0) is 21.1. The summed E-state index contributed by atoms with van der Waals surface area (Å²) >= 11 is 1.42. The third kappa shape index (κ3) is 4.06. The lowest BCUT2D eigenvalue weighted by Gasteiger charge is -2.20. The highest BCUT2D eigenvalue weighted by Crippen LogP contribution is 2.44. The van der Waals surface area contributed by atoms with E-state index >= 15 is 0 Å². The van der Waals surface area contributed by atoms with Gasteiger partial charge in [0.2, 0.25) is 0 Å². The van der Waals surface area contributed by atoms with Gasteiger partial charge in [0.25, 0.3) is 0 Å². The van der Waals surface area contributed by atoms with Crippen LogP contribution in [0.3, 0.4) is 0 Å². The molecule has 29 heavy (non-hydrogen) atoms. The van der Waals surface area contributed by atoms with E-state index in [9.17, 15) is 15.0 Å². The first-order valence-corrected chi connectivity index (χ1v) is 10.8. The molecule has 154 valence electrons. The molecule has 0 heterocycles. The van der Waals surface area contributed by atoms with Gasteiger partial charge in [-0.05, 0) is 60.4 Å². The molecule has 3 rings (SSSR count). The minimum absolute atomic E-state index is 0.0240. The molecular weight excluding hydrogens is 386 g/mol. The number of aliphatic hydroxyl groups excluding tert-OH is 2. The van der Waals surface area contributed by atoms with Gasteiger partial charge < -0.3 is 20.3 Å². The van der Waals surface area contributed by atoms with Crippen LogP contribution < -0.4 is 15.5 Å². The Hall–Kier alpha value is -2.28. The largest absolute Gasteiger partial charge is 0.496 e. The molecule has 0 saturated carbocycles. The number of methoxy groups -OCH3 is 1. The van der Waals surface area contributed by atoms with Crippen molar-refractivity contribution in [2.75, 3.05) is 13.4 Å². The van der Waals surface area contributed by atoms with Gasteiger partial charge in [0.1, 0.15) is 5.75 Å². The monoisotopic (exact) mass is 413 g/mol. The molecule has 3 N–H and O–H groups in total. The topological polar surface area (TPSA) is 78.8 Å². The molecule has 1 atom stereocenters. The average molecular weight is 414 g/mol. The van der Waals surface area contributed by atoms with Gasteiger partial charge in [-0.2, -0.15) is 0 Å². The number of thioether (sulfide) groups is 1. The van der Waals surface area contributed by atoms with Gasteiger partial charge in [-0.1, -0.05) is 18.7 Å². The van der Waals surface area contributed by atoms with Crippen LogP contribution in [0.2, 0.25) is 0 Å². The maximum absolute atomic E-state index is 12.8. The smallest absolute Gasteiger partial charge is 0.192 e. The second-order valence-corrected chi connectivity index (χ2v) is 8.04. The second kappa shape index (κ2) is 9.03. The predicted molar refractivity (Wildman–Crippen MR) is 117 cm³/mol. The van der Waals surface area contributed by atoms with Crippen LogP contribution in [0.25, 0.3) is 11.1 Å². The van der Waals surface area contributed by atoms with Crippen molar-refractivity contribution in [1.29, 1.82) is 0 Å². The SMILES string of the molecule is C=C(C)NC1CCc2cc(CO)c(CO)c(OC)c2-c2ccc(SC)c(=O)cc21. The van der Waals surface area contributed by atoms with Crippen LogP contribution in [-0.2, 0) is 19.6 Å². The third-order valence-corrected chi connectivity index (χ3v) is 6.10. The minimum atomic E-state index is -0.239. The number of rotatable bonds is 6. The highest BCUT2D eigenvalue weighted by atomic mass is 32.2. The molecule has 0 spiro atoms. The third-order valence-electron chi connectivity index (χ3n) is 5.32. The first-order valence-electron chi connectivity index (χ1n) is 9.53. The summed E-state index contributed by atoms with van der Waals surface area (Å²) in [5, 5.41) is 23.2. The maximum atomic E-state index is 12.8. The summed E-state index contributed by atoms with van der Waals surface area (Å²) in [4.78, 5) is 13.4. The molecule has 5 nitrogen and oxygen atoms in total. The van der Waals surface area contributed by atoms with Crippen molar-refractivity contribution in [3.05, 3.63) is 69.0 Å². The summed E-state index contributed by atoms with van der Waals surface area (Å²) in [6.07, 6.45) is 3.38. The molecule has 1 unspecified atom stereocenters. The summed E-state index contributed by atoms with van der Waals surface area (Å²) in [6.45, 7) is 5.47. The lowest BCUT2D eigenvalue weighted by atomic mass is 9.91. The molecule has 0 aromatic heterocycles. The molecule has 6 heteroatoms. The molecule has 0 amide bonds. The van der Waals surface area contributed by atoms with Gasteiger partial charge in [-0.3, -0.25) is 4.79 Å². The molecule has 0 radical (unpaired) electrons. The summed E-state index contributed by atoms with van der Waals surface area (Å²) in [5.74, 6) is 0.552. The number of hydrogen-bond acceptors (Lipinski definition) is 6. The maximum Gasteiger partial charge on any atom is 0.192 e. The zero-order valence-electron chi connectivity index (χ0n) is 17.0. The van der Waals surface area contributed by atoms with Crippen LogP contribution in [0.5, 0.6) is 5.75 Å². The fourth-order valence-corrected chi connectivity index (χ4v) is 4.52. The Kier molecular flexibility index (Phi) is 6.67. The quantitative estimate of drug-likeness (QED) is 0.629. The van der Waals surface area contributed by atoms with E-state index in [0.29, 0.717) is 21.8 Å². The summed E-state index contributed by atoms with van der Waals surface area (Å²) in [7, 11) is 1.57. The number of fused-ring (bicyclic) bond motifs is 3. The summed E-state index contributed by atoms with van der Waals surface area (Å²) < 4.78 is 5.73. The van der Waals surface area contributed by atoms with E-state index in [4.69, 9.17) is 4.74 Å². The van der Waals surface area contributed by atoms with Crippen LogP contribution in [0.4, 0.5) is 0 Å². The molecule has 0 fully saturated rings. The van der Waals surface area contributed by atoms with Gasteiger partial charge >= 0.3 is 0 Å². The van der Waals surface area contributed by atoms with Gasteiger partial charge in [-0.25, -0.2) is 0 Å². The summed E-state index contributed by atoms with van der Waals surface area (Å²) in [5.41, 5.74) is 5.72. The number of benzene rings is 1. The molecule has 1 aliphatic carbocycles. The van der Waals surface area contributed by atoms with E-state index < -0.39 is 0 Å². The fraction of sp³-hybridized carbons (Fsp3) is 0.348. The number of aryl methyl sites for hydroxylation is 1. The highest BCUT2D eigenvalue weighted by molar-refractivity contribution is 7.98. The Morgan fingerprint density at radius 2 is 2.07 bits per heavy atom. The van der Waals surface area contributed by atoms with Crippen molar-refractivity contribution in [3.63, 3.8) is 0 Å². The van der Waals surface area contributed by atoms with Crippen LogP contribution in [-0.4, -0.2) is 23.6 Å². The van der Waals surface area contributed by atoms with Gasteiger partial charge in [-0.15, -0.1) is 11.8 Å². The minimum Gasteiger partial charge on any atom is -0.496 e. The Bertz CT molecular complexity index is 1000. The van der Waals surface area contributed by atoms with E-state index in [0.717, 1.165) is 40.8 Å². The van der Waals surface area contributed by atoms with E-state index in [1.54, 1.807) is 13.2 Å². The molecule has 2 aromatic rings. The van der Waals surface area contributed by atoms with Crippen LogP contribution >= 0.6 is 11.8 Å². The Labute approximate surface area is 175 Å². The normalized spacial score (nSPS) is 15.1. The molecule has 2 aromatic carbocycles. The van der Waals surface area contributed by atoms with E-state index in [1.807, 2.05) is 31.4 Å². The van der Waals surface area contributed by atoms with E-state index in [2.05, 4.69) is 11.9 Å². The number of aliphatic hydroxyl groups is 2. The van der Waals surface area contributed by atoms with Crippen LogP contribution in [0.1, 0.15) is 41.6 Å². The number of ether oxygens (including phenoxy) is 1. The van der Waals surface area contributed by atoms with Gasteiger partial charge in [0.15, 0.2) is 5.43 Å². The standard InChI is InChI=1S/C23H27NO4S/c1-13(2)24-19-7-5-14-9-15(11-25)18(12-26)23(28-3)22(14)16-6-8-21(29-4)20(27)10-17(16)19/h6,8-10,19,24-26H,1,5,7,11-12H2,2-4H3. The Morgan fingerprint density at radius 3 is 2.66 bits per heavy atom. The van der Waals surface area contributed by atoms with Gasteiger partial charge in [0, 0.05) is 16.8 Å². The number of hydrogen-bond donors (Lipinski definition) is 3. The first kappa shape index (κ1) is 21.4. The molecule has 0 saturated heterocycles. The first-order chi connectivity index (χ1) is 13.9. The van der Waals surface area contributed by atoms with Gasteiger partial charge in [0.05, 0.1) is 31.3 Å². The Balaban J connectivity index is 2.41. The fourth-order valence-electron chi connectivity index (χ4n) is 4.06. The Morgan fingerprint density at radius 1 is 1.31 bits per heavy atom. The predicted octanol–water partition coefficient (Wildman–Crippen LogP) is 3.54. The average Bonchev–Trinajstić information content (AvgIpc) is 2.95. The summed E-state index contributed by atoms with van der Waals surface area (Å²) in [6, 6.07) is 7.37. The van der Waals surface area contributed by atoms with E-state index in [-0.39, 0.29) is 24.7 Å². The molecule has 0 aliphatic heterocycles. The molecule has 1 aliphatic rings. The molecule has 0 bridgehead atoms. The van der Waals surface area contributed by atoms with E-state index in [1.165, 1.54) is 11.8 Å².